The molecule has 2 rings (SSSR count). The number of para-hydroxylation sites is 1. The second kappa shape index (κ2) is 2.88. The minimum Gasteiger partial charge on any atom is -0.507 e. The van der Waals surface area contributed by atoms with Crippen LogP contribution in [0.1, 0.15) is 0 Å². The molecule has 0 atom stereocenters. The molecule has 0 unspecified atom stereocenters. The smallest absolute Gasteiger partial charge is 0.339 e. The number of aromatic hydroxyl groups is 1. The van der Waals surface area contributed by atoms with Gasteiger partial charge in [-0.3, -0.25) is 0 Å². The predicted octanol–water partition coefficient (Wildman–Crippen LogP) is 2.26. The van der Waals surface area contributed by atoms with E-state index < -0.39 is 5.63 Å². The molecule has 1 aromatic carbocycles. The Hall–Kier alpha value is -1.29. The highest BCUT2D eigenvalue weighted by Gasteiger charge is 2.05. The van der Waals surface area contributed by atoms with Gasteiger partial charge in [0.2, 0.25) is 0 Å². The minimum absolute atomic E-state index is 0.0625. The van der Waals surface area contributed by atoms with Crippen molar-refractivity contribution in [2.75, 3.05) is 0 Å². The van der Waals surface area contributed by atoms with Gasteiger partial charge in [-0.2, -0.15) is 0 Å². The number of benzene rings is 1. The van der Waals surface area contributed by atoms with Gasteiger partial charge in [0, 0.05) is 0 Å². The fraction of sp³-hybridized carbons (Fsp3) is 0. The lowest BCUT2D eigenvalue weighted by Gasteiger charge is -1.99. The fourth-order valence-electron chi connectivity index (χ4n) is 1.13. The Morgan fingerprint density at radius 2 is 2.15 bits per heavy atom. The van der Waals surface area contributed by atoms with Gasteiger partial charge in [0.15, 0.2) is 5.58 Å². The molecule has 1 N–H and O–H groups in total. The van der Waals surface area contributed by atoms with Gasteiger partial charge >= 0.3 is 5.63 Å². The first-order chi connectivity index (χ1) is 6.18. The van der Waals surface area contributed by atoms with Crippen LogP contribution < -0.4 is 5.63 Å². The van der Waals surface area contributed by atoms with E-state index in [0.717, 1.165) is 6.07 Å². The lowest BCUT2D eigenvalue weighted by atomic mass is 10.2. The van der Waals surface area contributed by atoms with Crippen LogP contribution in [0.2, 0.25) is 0 Å². The van der Waals surface area contributed by atoms with E-state index in [1.807, 2.05) is 0 Å². The Balaban J connectivity index is 3.03. The third-order valence-electron chi connectivity index (χ3n) is 1.70. The van der Waals surface area contributed by atoms with Gasteiger partial charge < -0.3 is 9.52 Å². The lowest BCUT2D eigenvalue weighted by Crippen LogP contribution is -1.95. The van der Waals surface area contributed by atoms with Crippen LogP contribution in [0.4, 0.5) is 0 Å². The molecule has 0 amide bonds. The maximum atomic E-state index is 10.9. The summed E-state index contributed by atoms with van der Waals surface area (Å²) in [5.41, 5.74) is -0.190. The zero-order valence-corrected chi connectivity index (χ0v) is 8.04. The molecule has 0 saturated heterocycles. The molecular formula is C9H5BrO3. The monoisotopic (exact) mass is 240 g/mol. The van der Waals surface area contributed by atoms with Crippen LogP contribution in [-0.4, -0.2) is 5.11 Å². The van der Waals surface area contributed by atoms with Crippen molar-refractivity contribution in [2.45, 2.75) is 0 Å². The molecule has 13 heavy (non-hydrogen) atoms. The molecule has 4 heteroatoms. The molecular weight excluding hydrogens is 236 g/mol. The zero-order chi connectivity index (χ0) is 9.42. The number of hydrogen-bond acceptors (Lipinski definition) is 3. The van der Waals surface area contributed by atoms with Crippen molar-refractivity contribution >= 4 is 26.9 Å². The summed E-state index contributed by atoms with van der Waals surface area (Å²) >= 11 is 3.22. The number of hydrogen-bond donors (Lipinski definition) is 1. The quantitative estimate of drug-likeness (QED) is 0.719. The van der Waals surface area contributed by atoms with Crippen LogP contribution in [0.3, 0.4) is 0 Å². The first kappa shape index (κ1) is 8.31. The van der Waals surface area contributed by atoms with Crippen LogP contribution in [-0.2, 0) is 0 Å². The number of halogens is 1. The first-order valence-corrected chi connectivity index (χ1v) is 4.39. The van der Waals surface area contributed by atoms with Gasteiger partial charge in [-0.15, -0.1) is 0 Å². The van der Waals surface area contributed by atoms with E-state index in [4.69, 9.17) is 4.42 Å². The van der Waals surface area contributed by atoms with Crippen molar-refractivity contribution in [3.05, 3.63) is 39.2 Å². The highest BCUT2D eigenvalue weighted by molar-refractivity contribution is 9.10. The summed E-state index contributed by atoms with van der Waals surface area (Å²) < 4.78 is 5.56. The zero-order valence-electron chi connectivity index (χ0n) is 6.45. The van der Waals surface area contributed by atoms with E-state index >= 15 is 0 Å². The molecule has 1 heterocycles. The van der Waals surface area contributed by atoms with E-state index in [-0.39, 0.29) is 5.75 Å². The van der Waals surface area contributed by atoms with Gasteiger partial charge in [0.05, 0.1) is 15.9 Å². The highest BCUT2D eigenvalue weighted by Crippen LogP contribution is 2.27. The van der Waals surface area contributed by atoms with Crippen molar-refractivity contribution in [3.8, 4) is 5.75 Å². The Morgan fingerprint density at radius 1 is 1.38 bits per heavy atom. The van der Waals surface area contributed by atoms with Crippen molar-refractivity contribution in [1.82, 2.24) is 0 Å². The lowest BCUT2D eigenvalue weighted by molar-refractivity contribution is 0.468. The summed E-state index contributed by atoms with van der Waals surface area (Å²) in [4.78, 5) is 10.9. The van der Waals surface area contributed by atoms with Crippen molar-refractivity contribution < 1.29 is 9.52 Å². The Labute approximate surface area is 81.7 Å². The largest absolute Gasteiger partial charge is 0.507 e. The third-order valence-corrected chi connectivity index (χ3v) is 2.32. The van der Waals surface area contributed by atoms with E-state index in [1.165, 1.54) is 0 Å². The molecule has 2 aromatic rings. The van der Waals surface area contributed by atoms with Crippen molar-refractivity contribution in [2.24, 2.45) is 0 Å². The van der Waals surface area contributed by atoms with Crippen LogP contribution >= 0.6 is 15.9 Å². The van der Waals surface area contributed by atoms with Gasteiger partial charge in [0.1, 0.15) is 5.75 Å². The summed E-state index contributed by atoms with van der Waals surface area (Å²) in [5.74, 6) is -0.0625. The van der Waals surface area contributed by atoms with E-state index in [0.29, 0.717) is 15.4 Å². The number of rotatable bonds is 0. The molecule has 1 aromatic heterocycles. The standard InChI is InChI=1S/C9H5BrO3/c10-6-3-1-2-5-7(11)4-8(12)13-9(5)6/h1-4,11H. The van der Waals surface area contributed by atoms with E-state index in [2.05, 4.69) is 15.9 Å². The van der Waals surface area contributed by atoms with Crippen molar-refractivity contribution in [3.63, 3.8) is 0 Å². The topological polar surface area (TPSA) is 50.4 Å². The van der Waals surface area contributed by atoms with Crippen LogP contribution in [0.5, 0.6) is 5.75 Å². The Morgan fingerprint density at radius 3 is 2.92 bits per heavy atom. The second-order valence-electron chi connectivity index (χ2n) is 2.57. The molecule has 0 bridgehead atoms. The maximum Gasteiger partial charge on any atom is 0.339 e. The summed E-state index contributed by atoms with van der Waals surface area (Å²) in [5, 5.41) is 9.92. The molecule has 3 nitrogen and oxygen atoms in total. The number of fused-ring (bicyclic) bond motifs is 1. The summed E-state index contributed by atoms with van der Waals surface area (Å²) in [7, 11) is 0. The van der Waals surface area contributed by atoms with Crippen LogP contribution in [0, 0.1) is 0 Å². The average molecular weight is 241 g/mol. The second-order valence-corrected chi connectivity index (χ2v) is 3.42. The van der Waals surface area contributed by atoms with Gasteiger partial charge in [-0.1, -0.05) is 6.07 Å². The summed E-state index contributed by atoms with van der Waals surface area (Å²) in [6, 6.07) is 6.23. The van der Waals surface area contributed by atoms with Gasteiger partial charge in [-0.25, -0.2) is 4.79 Å². The van der Waals surface area contributed by atoms with E-state index in [1.54, 1.807) is 18.2 Å². The fourth-order valence-corrected chi connectivity index (χ4v) is 1.58. The van der Waals surface area contributed by atoms with Crippen LogP contribution in [0.15, 0.2) is 37.9 Å². The Kier molecular flexibility index (Phi) is 1.84. The molecule has 0 fully saturated rings. The molecule has 0 aliphatic carbocycles. The van der Waals surface area contributed by atoms with E-state index in [9.17, 15) is 9.90 Å². The maximum absolute atomic E-state index is 10.9. The summed E-state index contributed by atoms with van der Waals surface area (Å²) in [6.07, 6.45) is 0. The normalized spacial score (nSPS) is 10.5. The minimum atomic E-state index is -0.558. The highest BCUT2D eigenvalue weighted by atomic mass is 79.9. The van der Waals surface area contributed by atoms with Gasteiger partial charge in [0.25, 0.3) is 0 Å². The predicted molar refractivity (Wildman–Crippen MR) is 51.8 cm³/mol. The van der Waals surface area contributed by atoms with Crippen molar-refractivity contribution in [1.29, 1.82) is 0 Å². The van der Waals surface area contributed by atoms with Gasteiger partial charge in [-0.05, 0) is 28.1 Å². The Bertz CT molecular complexity index is 516. The molecule has 0 spiro atoms. The summed E-state index contributed by atoms with van der Waals surface area (Å²) in [6.45, 7) is 0. The third kappa shape index (κ3) is 1.33. The molecule has 0 saturated carbocycles. The molecule has 0 radical (unpaired) electrons. The average Bonchev–Trinajstić information content (AvgIpc) is 2.07. The molecule has 0 aliphatic rings. The SMILES string of the molecule is O=c1cc(O)c2cccc(Br)c2o1. The molecule has 0 aliphatic heterocycles. The molecule has 66 valence electrons. The first-order valence-electron chi connectivity index (χ1n) is 3.60. The van der Waals surface area contributed by atoms with Crippen LogP contribution in [0.25, 0.3) is 11.0 Å².